The molecule has 1 amide bonds. The average molecular weight is 473 g/mol. The van der Waals surface area contributed by atoms with Crippen molar-refractivity contribution in [2.75, 3.05) is 13.6 Å². The van der Waals surface area contributed by atoms with Crippen molar-refractivity contribution >= 4 is 23.5 Å². The monoisotopic (exact) mass is 472 g/mol. The fourth-order valence-corrected chi connectivity index (χ4v) is 4.57. The van der Waals surface area contributed by atoms with E-state index in [2.05, 4.69) is 65.6 Å². The fourth-order valence-electron chi connectivity index (χ4n) is 3.75. The molecule has 7 heteroatoms. The molecular formula is C26H40N4O2S. The van der Waals surface area contributed by atoms with Gasteiger partial charge in [-0.2, -0.15) is 0 Å². The topological polar surface area (TPSA) is 74.3 Å². The second-order valence-corrected chi connectivity index (χ2v) is 11.0. The van der Waals surface area contributed by atoms with Crippen LogP contribution < -0.4 is 10.6 Å². The molecule has 0 spiro atoms. The summed E-state index contributed by atoms with van der Waals surface area (Å²) >= 11 is 1.66. The number of carbonyl (C=O) groups excluding carboxylic acids is 2. The Morgan fingerprint density at radius 2 is 1.94 bits per heavy atom. The lowest BCUT2D eigenvalue weighted by Crippen LogP contribution is -2.44. The van der Waals surface area contributed by atoms with Crippen molar-refractivity contribution in [3.05, 3.63) is 41.0 Å². The first-order valence-electron chi connectivity index (χ1n) is 11.7. The van der Waals surface area contributed by atoms with Crippen LogP contribution in [0.1, 0.15) is 58.7 Å². The molecule has 0 bridgehead atoms. The summed E-state index contributed by atoms with van der Waals surface area (Å²) in [7, 11) is 2.02. The van der Waals surface area contributed by atoms with Gasteiger partial charge in [-0.1, -0.05) is 58.9 Å². The van der Waals surface area contributed by atoms with Crippen LogP contribution in [0.3, 0.4) is 0 Å². The van der Waals surface area contributed by atoms with Crippen LogP contribution in [0.25, 0.3) is 10.4 Å². The number of aromatic nitrogens is 1. The van der Waals surface area contributed by atoms with Gasteiger partial charge in [0, 0.05) is 12.6 Å². The Hall–Kier alpha value is -2.09. The Morgan fingerprint density at radius 3 is 2.36 bits per heavy atom. The van der Waals surface area contributed by atoms with Gasteiger partial charge in [0.15, 0.2) is 0 Å². The van der Waals surface area contributed by atoms with E-state index in [1.807, 2.05) is 33.3 Å². The third-order valence-electron chi connectivity index (χ3n) is 5.83. The van der Waals surface area contributed by atoms with Crippen LogP contribution in [0, 0.1) is 12.3 Å². The van der Waals surface area contributed by atoms with E-state index in [9.17, 15) is 9.59 Å². The number of amides is 1. The number of benzene rings is 1. The Balaban J connectivity index is 0.000000299. The van der Waals surface area contributed by atoms with E-state index >= 15 is 0 Å². The van der Waals surface area contributed by atoms with Crippen molar-refractivity contribution in [3.63, 3.8) is 0 Å². The fraction of sp³-hybridized carbons (Fsp3) is 0.577. The number of aldehydes is 1. The van der Waals surface area contributed by atoms with E-state index in [1.165, 1.54) is 10.4 Å². The molecule has 182 valence electrons. The van der Waals surface area contributed by atoms with Crippen molar-refractivity contribution in [1.29, 1.82) is 0 Å². The molecule has 0 saturated carbocycles. The number of nitrogens with one attached hydrogen (secondary N) is 2. The van der Waals surface area contributed by atoms with Crippen molar-refractivity contribution in [2.45, 2.75) is 79.1 Å². The molecule has 2 heterocycles. The van der Waals surface area contributed by atoms with Gasteiger partial charge in [-0.25, -0.2) is 4.98 Å². The van der Waals surface area contributed by atoms with Gasteiger partial charge in [0.2, 0.25) is 5.91 Å². The van der Waals surface area contributed by atoms with Crippen molar-refractivity contribution in [3.8, 4) is 10.4 Å². The first-order valence-corrected chi connectivity index (χ1v) is 12.6. The zero-order chi connectivity index (χ0) is 24.6. The highest BCUT2D eigenvalue weighted by atomic mass is 32.1. The molecule has 1 aromatic carbocycles. The van der Waals surface area contributed by atoms with Crippen LogP contribution in [0.15, 0.2) is 29.8 Å². The lowest BCUT2D eigenvalue weighted by atomic mass is 9.87. The van der Waals surface area contributed by atoms with Crippen LogP contribution in [0.5, 0.6) is 0 Å². The number of likely N-dealkylation sites (N-methyl/N-ethyl adjacent to an activating group) is 1. The summed E-state index contributed by atoms with van der Waals surface area (Å²) in [5.41, 5.74) is 5.27. The molecule has 1 fully saturated rings. The van der Waals surface area contributed by atoms with Gasteiger partial charge in [-0.3, -0.25) is 9.69 Å². The molecule has 33 heavy (non-hydrogen) atoms. The highest BCUT2D eigenvalue weighted by Gasteiger charge is 2.27. The highest BCUT2D eigenvalue weighted by Crippen LogP contribution is 2.27. The normalized spacial score (nSPS) is 17.4. The molecule has 0 radical (unpaired) electrons. The lowest BCUT2D eigenvalue weighted by molar-refractivity contribution is -0.125. The number of nitrogens with zero attached hydrogens (tertiary/aromatic N) is 2. The van der Waals surface area contributed by atoms with E-state index in [0.717, 1.165) is 36.9 Å². The third-order valence-corrected chi connectivity index (χ3v) is 6.81. The number of aryl methyl sites for hydroxylation is 1. The van der Waals surface area contributed by atoms with E-state index in [0.29, 0.717) is 12.6 Å². The predicted molar refractivity (Wildman–Crippen MR) is 137 cm³/mol. The first-order chi connectivity index (χ1) is 15.5. The third kappa shape index (κ3) is 8.32. The van der Waals surface area contributed by atoms with Gasteiger partial charge in [0.25, 0.3) is 0 Å². The Bertz CT molecular complexity index is 886. The summed E-state index contributed by atoms with van der Waals surface area (Å²) < 4.78 is 0. The van der Waals surface area contributed by atoms with Gasteiger partial charge >= 0.3 is 0 Å². The largest absolute Gasteiger partial charge is 0.351 e. The maximum absolute atomic E-state index is 12.2. The smallest absolute Gasteiger partial charge is 0.237 e. The number of hydrogen-bond acceptors (Lipinski definition) is 6. The van der Waals surface area contributed by atoms with E-state index < -0.39 is 0 Å². The molecule has 3 rings (SSSR count). The molecule has 6 nitrogen and oxygen atoms in total. The quantitative estimate of drug-likeness (QED) is 0.583. The summed E-state index contributed by atoms with van der Waals surface area (Å²) in [6, 6.07) is 8.72. The van der Waals surface area contributed by atoms with Gasteiger partial charge < -0.3 is 15.4 Å². The molecule has 2 atom stereocenters. The SMILES string of the molecule is CC(C)NC(C=O)C(C)(C)C.Cc1ncsc1-c1ccc(CNC(=O)C2CCCN2C)cc1. The molecular weight excluding hydrogens is 432 g/mol. The Morgan fingerprint density at radius 1 is 1.27 bits per heavy atom. The summed E-state index contributed by atoms with van der Waals surface area (Å²) in [6.07, 6.45) is 3.06. The maximum atomic E-state index is 12.2. The predicted octanol–water partition coefficient (Wildman–Crippen LogP) is 4.43. The van der Waals surface area contributed by atoms with Gasteiger partial charge in [-0.05, 0) is 49.9 Å². The summed E-state index contributed by atoms with van der Waals surface area (Å²) in [5.74, 6) is 0.141. The lowest BCUT2D eigenvalue weighted by Gasteiger charge is -2.28. The number of carbonyl (C=O) groups is 2. The standard InChI is InChI=1S/C17H21N3OS.C9H19NO/c1-12-16(22-11-19-12)14-7-5-13(6-8-14)10-18-17(21)15-4-3-9-20(15)2;1-7(2)10-8(6-11)9(3,4)5/h5-8,11,15H,3-4,9-10H2,1-2H3,(H,18,21);6-8,10H,1-5H3. The van der Waals surface area contributed by atoms with E-state index in [4.69, 9.17) is 0 Å². The Labute approximate surface area is 203 Å². The molecule has 1 aliphatic rings. The minimum atomic E-state index is -0.0394. The maximum Gasteiger partial charge on any atom is 0.237 e. The summed E-state index contributed by atoms with van der Waals surface area (Å²) in [6.45, 7) is 13.9. The molecule has 0 aliphatic carbocycles. The summed E-state index contributed by atoms with van der Waals surface area (Å²) in [5, 5.41) is 6.25. The van der Waals surface area contributed by atoms with Crippen molar-refractivity contribution in [1.82, 2.24) is 20.5 Å². The minimum Gasteiger partial charge on any atom is -0.351 e. The van der Waals surface area contributed by atoms with Gasteiger partial charge in [0.1, 0.15) is 6.29 Å². The molecule has 1 saturated heterocycles. The van der Waals surface area contributed by atoms with Crippen LogP contribution >= 0.6 is 11.3 Å². The van der Waals surface area contributed by atoms with Gasteiger partial charge in [0.05, 0.1) is 28.2 Å². The molecule has 1 aromatic heterocycles. The Kier molecular flexibility index (Phi) is 10.2. The average Bonchev–Trinajstić information content (AvgIpc) is 3.38. The van der Waals surface area contributed by atoms with Crippen LogP contribution in [-0.4, -0.2) is 53.8 Å². The van der Waals surface area contributed by atoms with Crippen molar-refractivity contribution < 1.29 is 9.59 Å². The number of rotatable bonds is 7. The number of thiazole rings is 1. The van der Waals surface area contributed by atoms with Crippen LogP contribution in [0.4, 0.5) is 0 Å². The summed E-state index contributed by atoms with van der Waals surface area (Å²) in [4.78, 5) is 30.4. The zero-order valence-electron chi connectivity index (χ0n) is 21.1. The second kappa shape index (κ2) is 12.4. The first kappa shape index (κ1) is 27.2. The number of hydrogen-bond donors (Lipinski definition) is 2. The minimum absolute atomic E-state index is 0.0199. The molecule has 2 aromatic rings. The second-order valence-electron chi connectivity index (χ2n) is 10.1. The van der Waals surface area contributed by atoms with Crippen molar-refractivity contribution in [2.24, 2.45) is 5.41 Å². The van der Waals surface area contributed by atoms with Gasteiger partial charge in [-0.15, -0.1) is 11.3 Å². The van der Waals surface area contributed by atoms with E-state index in [1.54, 1.807) is 11.3 Å². The molecule has 2 N–H and O–H groups in total. The van der Waals surface area contributed by atoms with E-state index in [-0.39, 0.29) is 23.4 Å². The molecule has 2 unspecified atom stereocenters. The highest BCUT2D eigenvalue weighted by molar-refractivity contribution is 7.13. The van der Waals surface area contributed by atoms with Crippen LogP contribution in [-0.2, 0) is 16.1 Å². The van der Waals surface area contributed by atoms with Crippen LogP contribution in [0.2, 0.25) is 0 Å². The zero-order valence-corrected chi connectivity index (χ0v) is 22.0. The number of likely N-dealkylation sites (tertiary alicyclic amines) is 1. The molecule has 1 aliphatic heterocycles.